The predicted molar refractivity (Wildman–Crippen MR) is 586 cm³/mol. The van der Waals surface area contributed by atoms with Crippen molar-refractivity contribution in [1.29, 1.82) is 0 Å². The molecule has 6 aromatic heterocycles. The Kier molecular flexibility index (Phi) is 20.1. The van der Waals surface area contributed by atoms with Crippen LogP contribution in [-0.2, 0) is 0 Å². The van der Waals surface area contributed by atoms with E-state index in [1.165, 1.54) is 225 Å². The summed E-state index contributed by atoms with van der Waals surface area (Å²) in [6, 6.07) is 189. The minimum absolute atomic E-state index is 0.915. The second-order valence-corrected chi connectivity index (χ2v) is 36.7. The molecule has 0 amide bonds. The molecule has 0 spiro atoms. The molecule has 6 heteroatoms. The third-order valence-electron chi connectivity index (χ3n) is 27.7. The smallest absolute Gasteiger partial charge is 0.135 e. The van der Waals surface area contributed by atoms with Gasteiger partial charge in [0.1, 0.15) is 11.2 Å². The second-order valence-electron chi connectivity index (χ2n) is 35.7. The zero-order valence-corrected chi connectivity index (χ0v) is 76.1. The molecule has 28 rings (SSSR count). The lowest BCUT2D eigenvalue weighted by atomic mass is 9.95. The van der Waals surface area contributed by atoms with Gasteiger partial charge in [-0.1, -0.05) is 394 Å². The molecular formula is C132H86N4OS. The number of thiophene rings is 1. The van der Waals surface area contributed by atoms with Crippen molar-refractivity contribution in [1.82, 2.24) is 18.3 Å². The number of para-hydroxylation sites is 9. The molecule has 0 fully saturated rings. The van der Waals surface area contributed by atoms with Crippen LogP contribution in [0.3, 0.4) is 0 Å². The standard InChI is InChI=1S/C48H32N2.C42H27NO.C42H27NS/c1-3-14-33(15-4-1)35-26-28-43-41-22-9-12-25-46(41)50(48(43)31-35)44-23-10-7-20-39(44)37-17-13-16-34(30-37)36-27-29-42-40-21-8-11-24-45(40)49(47(42)32-36)38-18-5-2-6-19-38;1-2-11-28(12-3-1)31-21-23-35-34-16-5-8-19-39(34)43(40(35)27-31)38-18-7-4-15-33(38)32-14-10-13-29(25-32)30-22-24-42-37(26-30)36-17-6-9-20-41(36)44-42;1-2-12-28(13-3-1)29-24-25-35-34-17-5-8-21-38(34)43(39(35)27-29)37-20-7-4-16-32(37)30-14-10-15-31(26-30)33-19-11-23-41-42(33)36-18-6-9-22-40(36)44-41/h1-32H;2*1-27H. The summed E-state index contributed by atoms with van der Waals surface area (Å²) in [4.78, 5) is 0. The fourth-order valence-electron chi connectivity index (χ4n) is 21.4. The van der Waals surface area contributed by atoms with E-state index in [2.05, 4.69) is 528 Å². The van der Waals surface area contributed by atoms with Crippen LogP contribution in [0.25, 0.3) is 252 Å². The van der Waals surface area contributed by atoms with Crippen LogP contribution in [0.5, 0.6) is 0 Å². The zero-order chi connectivity index (χ0) is 91.1. The molecule has 0 bridgehead atoms. The summed E-state index contributed by atoms with van der Waals surface area (Å²) < 4.78 is 18.5. The fraction of sp³-hybridized carbons (Fsp3) is 0. The first-order chi connectivity index (χ1) is 68.5. The molecule has 0 N–H and O–H groups in total. The second kappa shape index (κ2) is 34.3. The van der Waals surface area contributed by atoms with Crippen LogP contribution in [0.1, 0.15) is 0 Å². The summed E-state index contributed by atoms with van der Waals surface area (Å²) in [5, 5.41) is 15.0. The number of hydrogen-bond acceptors (Lipinski definition) is 2. The summed E-state index contributed by atoms with van der Waals surface area (Å²) in [5.74, 6) is 0. The normalized spacial score (nSPS) is 11.6. The summed E-state index contributed by atoms with van der Waals surface area (Å²) in [6.45, 7) is 0. The largest absolute Gasteiger partial charge is 0.456 e. The summed E-state index contributed by atoms with van der Waals surface area (Å²) in [6.07, 6.45) is 0. The van der Waals surface area contributed by atoms with Crippen molar-refractivity contribution in [3.63, 3.8) is 0 Å². The summed E-state index contributed by atoms with van der Waals surface area (Å²) in [7, 11) is 0. The summed E-state index contributed by atoms with van der Waals surface area (Å²) >= 11 is 1.87. The van der Waals surface area contributed by atoms with E-state index >= 15 is 0 Å². The Morgan fingerprint density at radius 1 is 0.145 bits per heavy atom. The van der Waals surface area contributed by atoms with Gasteiger partial charge in [0.05, 0.1) is 61.2 Å². The molecule has 28 aromatic rings. The number of rotatable bonds is 13. The van der Waals surface area contributed by atoms with Crippen molar-refractivity contribution >= 4 is 141 Å². The van der Waals surface area contributed by atoms with Crippen molar-refractivity contribution in [2.45, 2.75) is 0 Å². The van der Waals surface area contributed by atoms with E-state index in [4.69, 9.17) is 4.42 Å². The van der Waals surface area contributed by atoms with E-state index in [1.54, 1.807) is 0 Å². The number of furan rings is 1. The molecule has 646 valence electrons. The van der Waals surface area contributed by atoms with Gasteiger partial charge in [0.15, 0.2) is 0 Å². The Bertz CT molecular complexity index is 9600. The molecule has 0 radical (unpaired) electrons. The van der Waals surface area contributed by atoms with Gasteiger partial charge in [-0.2, -0.15) is 0 Å². The topological polar surface area (TPSA) is 32.9 Å². The third-order valence-corrected chi connectivity index (χ3v) is 28.9. The Balaban J connectivity index is 0.000000107. The van der Waals surface area contributed by atoms with Gasteiger partial charge in [0.25, 0.3) is 0 Å². The molecule has 0 saturated carbocycles. The van der Waals surface area contributed by atoms with E-state index in [0.717, 1.165) is 27.6 Å². The number of nitrogens with zero attached hydrogens (tertiary/aromatic N) is 4. The van der Waals surface area contributed by atoms with Crippen molar-refractivity contribution in [3.8, 4) is 123 Å². The first-order valence-corrected chi connectivity index (χ1v) is 48.1. The molecule has 5 nitrogen and oxygen atoms in total. The maximum Gasteiger partial charge on any atom is 0.135 e. The van der Waals surface area contributed by atoms with Crippen molar-refractivity contribution in [3.05, 3.63) is 522 Å². The highest BCUT2D eigenvalue weighted by Gasteiger charge is 2.24. The number of benzene rings is 22. The molecule has 22 aromatic carbocycles. The lowest BCUT2D eigenvalue weighted by Crippen LogP contribution is -1.97. The molecular weight excluding hydrogens is 1690 g/mol. The van der Waals surface area contributed by atoms with Gasteiger partial charge in [0, 0.05) is 96.4 Å². The maximum atomic E-state index is 6.10. The van der Waals surface area contributed by atoms with Gasteiger partial charge in [-0.25, -0.2) is 0 Å². The average molecular weight is 1780 g/mol. The van der Waals surface area contributed by atoms with Crippen LogP contribution < -0.4 is 0 Å². The van der Waals surface area contributed by atoms with Gasteiger partial charge in [-0.3, -0.25) is 0 Å². The number of hydrogen-bond donors (Lipinski definition) is 0. The lowest BCUT2D eigenvalue weighted by Gasteiger charge is -2.15. The summed E-state index contributed by atoms with van der Waals surface area (Å²) in [5.41, 5.74) is 37.9. The number of fused-ring (bicyclic) bond motifs is 18. The van der Waals surface area contributed by atoms with E-state index < -0.39 is 0 Å². The van der Waals surface area contributed by atoms with Crippen LogP contribution >= 0.6 is 11.3 Å². The number of aromatic nitrogens is 4. The molecule has 0 saturated heterocycles. The average Bonchev–Trinajstić information content (AvgIpc) is 1.59. The Morgan fingerprint density at radius 2 is 0.420 bits per heavy atom. The van der Waals surface area contributed by atoms with E-state index in [0.29, 0.717) is 0 Å². The van der Waals surface area contributed by atoms with Crippen LogP contribution in [-0.4, -0.2) is 18.3 Å². The third kappa shape index (κ3) is 14.2. The van der Waals surface area contributed by atoms with Crippen molar-refractivity contribution < 1.29 is 4.42 Å². The van der Waals surface area contributed by atoms with E-state index in [9.17, 15) is 0 Å². The van der Waals surface area contributed by atoms with Gasteiger partial charge in [-0.05, 0) is 211 Å². The molecule has 0 aliphatic heterocycles. The Hall–Kier alpha value is -17.9. The molecule has 0 aliphatic rings. The van der Waals surface area contributed by atoms with Crippen LogP contribution in [0.4, 0.5) is 0 Å². The first-order valence-electron chi connectivity index (χ1n) is 47.2. The molecule has 0 atom stereocenters. The SMILES string of the molecule is c1ccc(-c2ccc3c4ccccc4n(-c4ccccc4-c4cccc(-c5ccc6c7ccccc7n(-c7ccccc7)c6c5)c4)c3c2)cc1.c1ccc(-c2ccc3c4ccccc4n(-c4ccccc4-c4cccc(-c5ccc6oc7ccccc7c6c5)c4)c3c2)cc1.c1ccc(-c2ccc3c4ccccc4n(-c4ccccc4-c4cccc(-c5cccc6sc7ccccc7c56)c4)c3c2)cc1. The van der Waals surface area contributed by atoms with Gasteiger partial charge < -0.3 is 22.7 Å². The van der Waals surface area contributed by atoms with Crippen molar-refractivity contribution in [2.24, 2.45) is 0 Å². The van der Waals surface area contributed by atoms with Gasteiger partial charge in [-0.15, -0.1) is 11.3 Å². The van der Waals surface area contributed by atoms with Crippen LogP contribution in [0.2, 0.25) is 0 Å². The highest BCUT2D eigenvalue weighted by Crippen LogP contribution is 2.48. The predicted octanol–water partition coefficient (Wildman–Crippen LogP) is 36.7. The van der Waals surface area contributed by atoms with Crippen LogP contribution in [0, 0.1) is 0 Å². The monoisotopic (exact) mass is 1770 g/mol. The molecule has 0 unspecified atom stereocenters. The zero-order valence-electron chi connectivity index (χ0n) is 75.3. The van der Waals surface area contributed by atoms with E-state index in [1.807, 2.05) is 23.5 Å². The first kappa shape index (κ1) is 80.9. The Morgan fingerprint density at radius 3 is 0.870 bits per heavy atom. The van der Waals surface area contributed by atoms with E-state index in [-0.39, 0.29) is 0 Å². The minimum atomic E-state index is 0.915. The lowest BCUT2D eigenvalue weighted by molar-refractivity contribution is 0.669. The fourth-order valence-corrected chi connectivity index (χ4v) is 22.5. The molecule has 6 heterocycles. The minimum Gasteiger partial charge on any atom is -0.456 e. The maximum absolute atomic E-state index is 6.10. The highest BCUT2D eigenvalue weighted by molar-refractivity contribution is 7.26. The molecule has 0 aliphatic carbocycles. The van der Waals surface area contributed by atoms with Gasteiger partial charge in [0.2, 0.25) is 0 Å². The quantitative estimate of drug-likeness (QED) is 0.113. The Labute approximate surface area is 802 Å². The van der Waals surface area contributed by atoms with Gasteiger partial charge >= 0.3 is 0 Å². The van der Waals surface area contributed by atoms with Crippen LogP contribution in [0.15, 0.2) is 526 Å². The highest BCUT2D eigenvalue weighted by atomic mass is 32.1. The molecule has 138 heavy (non-hydrogen) atoms. The van der Waals surface area contributed by atoms with Crippen molar-refractivity contribution in [2.75, 3.05) is 0 Å².